The highest BCUT2D eigenvalue weighted by atomic mass is 16.6. The fourth-order valence-electron chi connectivity index (χ4n) is 2.33. The SMILES string of the molecule is CC1C2=C3OC1C[C@@]3(C)C(=O)O2. The average Bonchev–Trinajstić information content (AvgIpc) is 2.53. The van der Waals surface area contributed by atoms with Crippen molar-refractivity contribution in [2.24, 2.45) is 11.3 Å². The van der Waals surface area contributed by atoms with Gasteiger partial charge in [0, 0.05) is 6.42 Å². The molecule has 3 atom stereocenters. The number of ether oxygens (including phenoxy) is 2. The van der Waals surface area contributed by atoms with Gasteiger partial charge in [-0.2, -0.15) is 0 Å². The molecule has 0 aromatic rings. The molecule has 2 bridgehead atoms. The van der Waals surface area contributed by atoms with Crippen molar-refractivity contribution in [3.05, 3.63) is 11.5 Å². The van der Waals surface area contributed by atoms with E-state index in [0.717, 1.165) is 17.9 Å². The van der Waals surface area contributed by atoms with E-state index in [9.17, 15) is 4.79 Å². The van der Waals surface area contributed by atoms with Crippen molar-refractivity contribution in [2.45, 2.75) is 26.4 Å². The molecule has 3 aliphatic heterocycles. The Hall–Kier alpha value is -0.990. The van der Waals surface area contributed by atoms with Gasteiger partial charge in [0.05, 0.1) is 5.92 Å². The van der Waals surface area contributed by atoms with Crippen molar-refractivity contribution >= 4 is 5.97 Å². The molecule has 3 heterocycles. The molecule has 0 aromatic carbocycles. The summed E-state index contributed by atoms with van der Waals surface area (Å²) < 4.78 is 10.7. The number of carbonyl (C=O) groups is 1. The van der Waals surface area contributed by atoms with E-state index in [0.29, 0.717) is 0 Å². The Morgan fingerprint density at radius 3 is 2.92 bits per heavy atom. The first-order valence-electron chi connectivity index (χ1n) is 4.26. The number of hydrogen-bond donors (Lipinski definition) is 0. The van der Waals surface area contributed by atoms with Crippen LogP contribution in [0.15, 0.2) is 11.5 Å². The lowest BCUT2D eigenvalue weighted by Crippen LogP contribution is -2.24. The van der Waals surface area contributed by atoms with Crippen LogP contribution in [0.25, 0.3) is 0 Å². The second-order valence-electron chi connectivity index (χ2n) is 4.06. The van der Waals surface area contributed by atoms with Gasteiger partial charge in [-0.1, -0.05) is 6.92 Å². The normalized spacial score (nSPS) is 48.3. The van der Waals surface area contributed by atoms with Gasteiger partial charge in [0.25, 0.3) is 0 Å². The highest BCUT2D eigenvalue weighted by molar-refractivity contribution is 5.85. The zero-order valence-corrected chi connectivity index (χ0v) is 7.09. The number of carbonyl (C=O) groups excluding carboxylic acids is 1. The van der Waals surface area contributed by atoms with Gasteiger partial charge in [-0.15, -0.1) is 0 Å². The summed E-state index contributed by atoms with van der Waals surface area (Å²) in [5, 5.41) is 0. The molecule has 64 valence electrons. The van der Waals surface area contributed by atoms with Crippen LogP contribution in [-0.2, 0) is 14.3 Å². The van der Waals surface area contributed by atoms with Crippen LogP contribution in [-0.4, -0.2) is 12.1 Å². The largest absolute Gasteiger partial charge is 0.489 e. The highest BCUT2D eigenvalue weighted by Gasteiger charge is 2.62. The van der Waals surface area contributed by atoms with Crippen LogP contribution in [0.1, 0.15) is 20.3 Å². The van der Waals surface area contributed by atoms with E-state index in [4.69, 9.17) is 9.47 Å². The molecule has 1 fully saturated rings. The van der Waals surface area contributed by atoms with E-state index < -0.39 is 5.41 Å². The Bertz CT molecular complexity index is 318. The summed E-state index contributed by atoms with van der Waals surface area (Å²) >= 11 is 0. The van der Waals surface area contributed by atoms with Gasteiger partial charge in [-0.3, -0.25) is 4.79 Å². The molecule has 0 spiro atoms. The van der Waals surface area contributed by atoms with Gasteiger partial charge in [0.2, 0.25) is 0 Å². The van der Waals surface area contributed by atoms with Crippen LogP contribution in [0, 0.1) is 11.3 Å². The Morgan fingerprint density at radius 2 is 2.33 bits per heavy atom. The first-order chi connectivity index (χ1) is 5.63. The molecule has 3 heteroatoms. The van der Waals surface area contributed by atoms with Gasteiger partial charge >= 0.3 is 5.97 Å². The fraction of sp³-hybridized carbons (Fsp3) is 0.667. The minimum atomic E-state index is -0.438. The molecule has 0 radical (unpaired) electrons. The van der Waals surface area contributed by atoms with Crippen LogP contribution in [0.3, 0.4) is 0 Å². The van der Waals surface area contributed by atoms with Gasteiger partial charge in [0.1, 0.15) is 11.5 Å². The second kappa shape index (κ2) is 1.53. The maximum Gasteiger partial charge on any atom is 0.324 e. The van der Waals surface area contributed by atoms with E-state index in [1.807, 2.05) is 13.8 Å². The fourth-order valence-corrected chi connectivity index (χ4v) is 2.33. The lowest BCUT2D eigenvalue weighted by Gasteiger charge is -2.13. The molecule has 3 rings (SSSR count). The lowest BCUT2D eigenvalue weighted by molar-refractivity contribution is -0.144. The van der Waals surface area contributed by atoms with Gasteiger partial charge in [0.15, 0.2) is 11.5 Å². The standard InChI is InChI=1S/C9H10O3/c1-4-5-3-9(2)7(11-5)6(4)12-8(9)10/h4-5H,3H2,1-2H3/t4?,5?,9-/m1/s1. The molecule has 3 aliphatic rings. The summed E-state index contributed by atoms with van der Waals surface area (Å²) in [7, 11) is 0. The van der Waals surface area contributed by atoms with E-state index in [2.05, 4.69) is 0 Å². The topological polar surface area (TPSA) is 35.5 Å². The summed E-state index contributed by atoms with van der Waals surface area (Å²) in [5.74, 6) is 1.75. The van der Waals surface area contributed by atoms with Crippen LogP contribution in [0.4, 0.5) is 0 Å². The van der Waals surface area contributed by atoms with Crippen molar-refractivity contribution in [3.63, 3.8) is 0 Å². The van der Waals surface area contributed by atoms with Gasteiger partial charge in [-0.25, -0.2) is 0 Å². The Balaban J connectivity index is 2.21. The number of rotatable bonds is 0. The Morgan fingerprint density at radius 1 is 1.58 bits per heavy atom. The lowest BCUT2D eigenvalue weighted by atomic mass is 9.79. The molecule has 12 heavy (non-hydrogen) atoms. The molecular formula is C9H10O3. The van der Waals surface area contributed by atoms with E-state index in [-0.39, 0.29) is 18.0 Å². The zero-order chi connectivity index (χ0) is 8.51. The van der Waals surface area contributed by atoms with Gasteiger partial charge in [-0.05, 0) is 6.92 Å². The van der Waals surface area contributed by atoms with Crippen molar-refractivity contribution < 1.29 is 14.3 Å². The van der Waals surface area contributed by atoms with E-state index >= 15 is 0 Å². The Labute approximate surface area is 70.3 Å². The molecule has 0 aliphatic carbocycles. The summed E-state index contributed by atoms with van der Waals surface area (Å²) in [6, 6.07) is 0. The second-order valence-corrected chi connectivity index (χ2v) is 4.06. The highest BCUT2D eigenvalue weighted by Crippen LogP contribution is 2.58. The minimum Gasteiger partial charge on any atom is -0.489 e. The van der Waals surface area contributed by atoms with Crippen molar-refractivity contribution in [1.82, 2.24) is 0 Å². The van der Waals surface area contributed by atoms with E-state index in [1.54, 1.807) is 0 Å². The predicted molar refractivity (Wildman–Crippen MR) is 39.9 cm³/mol. The van der Waals surface area contributed by atoms with Crippen molar-refractivity contribution in [1.29, 1.82) is 0 Å². The monoisotopic (exact) mass is 166 g/mol. The molecule has 0 saturated carbocycles. The van der Waals surface area contributed by atoms with Crippen molar-refractivity contribution in [2.75, 3.05) is 0 Å². The summed E-state index contributed by atoms with van der Waals surface area (Å²) in [5.41, 5.74) is -0.438. The third-order valence-corrected chi connectivity index (χ3v) is 3.23. The third kappa shape index (κ3) is 0.446. The molecule has 0 amide bonds. The quantitative estimate of drug-likeness (QED) is 0.507. The number of esters is 1. The third-order valence-electron chi connectivity index (χ3n) is 3.23. The Kier molecular flexibility index (Phi) is 0.834. The number of fused-ring (bicyclic) bond motifs is 1. The molecule has 0 N–H and O–H groups in total. The van der Waals surface area contributed by atoms with Crippen LogP contribution >= 0.6 is 0 Å². The molecule has 0 aromatic heterocycles. The molecule has 1 saturated heterocycles. The maximum atomic E-state index is 11.4. The van der Waals surface area contributed by atoms with Crippen LogP contribution in [0.5, 0.6) is 0 Å². The minimum absolute atomic E-state index is 0.126. The molecule has 2 unspecified atom stereocenters. The maximum absolute atomic E-state index is 11.4. The first-order valence-corrected chi connectivity index (χ1v) is 4.26. The van der Waals surface area contributed by atoms with Crippen LogP contribution in [0.2, 0.25) is 0 Å². The summed E-state index contributed by atoms with van der Waals surface area (Å²) in [4.78, 5) is 11.4. The van der Waals surface area contributed by atoms with E-state index in [1.165, 1.54) is 0 Å². The zero-order valence-electron chi connectivity index (χ0n) is 7.09. The average molecular weight is 166 g/mol. The molecule has 3 nitrogen and oxygen atoms in total. The number of hydrogen-bond acceptors (Lipinski definition) is 3. The van der Waals surface area contributed by atoms with Crippen LogP contribution < -0.4 is 0 Å². The van der Waals surface area contributed by atoms with Gasteiger partial charge < -0.3 is 9.47 Å². The summed E-state index contributed by atoms with van der Waals surface area (Å²) in [6.07, 6.45) is 0.984. The molecular weight excluding hydrogens is 156 g/mol. The van der Waals surface area contributed by atoms with Crippen molar-refractivity contribution in [3.8, 4) is 0 Å². The first kappa shape index (κ1) is 6.52. The summed E-state index contributed by atoms with van der Waals surface area (Å²) in [6.45, 7) is 3.95. The predicted octanol–water partition coefficient (Wildman–Crippen LogP) is 1.20. The smallest absolute Gasteiger partial charge is 0.324 e.